The fourth-order valence-corrected chi connectivity index (χ4v) is 3.61. The van der Waals surface area contributed by atoms with Crippen LogP contribution in [0.4, 0.5) is 5.82 Å². The maximum Gasteiger partial charge on any atom is 0.306 e. The zero-order chi connectivity index (χ0) is 22.2. The number of rotatable bonds is 10. The average Bonchev–Trinajstić information content (AvgIpc) is 3.23. The first kappa shape index (κ1) is 22.9. The molecule has 0 bridgehead atoms. The first-order valence-corrected chi connectivity index (χ1v) is 10.5. The van der Waals surface area contributed by atoms with Crippen molar-refractivity contribution in [1.82, 2.24) is 24.5 Å². The van der Waals surface area contributed by atoms with E-state index in [1.807, 2.05) is 6.92 Å². The highest BCUT2D eigenvalue weighted by molar-refractivity contribution is 5.77. The molecule has 0 atom stereocenters. The molecule has 1 aliphatic rings. The van der Waals surface area contributed by atoms with Crippen LogP contribution in [0.3, 0.4) is 0 Å². The van der Waals surface area contributed by atoms with Crippen LogP contribution in [0.15, 0.2) is 6.33 Å². The van der Waals surface area contributed by atoms with Gasteiger partial charge in [-0.2, -0.15) is 14.6 Å². The Balaban J connectivity index is 1.72. The number of methoxy groups -OCH3 is 1. The number of carbonyl (C=O) groups excluding carboxylic acids is 2. The fourth-order valence-electron chi connectivity index (χ4n) is 3.61. The smallest absolute Gasteiger partial charge is 0.306 e. The van der Waals surface area contributed by atoms with Crippen molar-refractivity contribution in [3.05, 3.63) is 17.6 Å². The van der Waals surface area contributed by atoms with Crippen LogP contribution >= 0.6 is 0 Å². The van der Waals surface area contributed by atoms with Gasteiger partial charge < -0.3 is 24.0 Å². The molecule has 170 valence electrons. The van der Waals surface area contributed by atoms with Crippen molar-refractivity contribution in [3.63, 3.8) is 0 Å². The number of ether oxygens (including phenoxy) is 3. The van der Waals surface area contributed by atoms with E-state index >= 15 is 0 Å². The Labute approximate surface area is 181 Å². The summed E-state index contributed by atoms with van der Waals surface area (Å²) in [4.78, 5) is 37.0. The van der Waals surface area contributed by atoms with Crippen molar-refractivity contribution in [2.24, 2.45) is 0 Å². The van der Waals surface area contributed by atoms with Gasteiger partial charge in [0.25, 0.3) is 5.78 Å². The van der Waals surface area contributed by atoms with Crippen molar-refractivity contribution in [3.8, 4) is 0 Å². The van der Waals surface area contributed by atoms with Crippen molar-refractivity contribution in [2.75, 3.05) is 64.6 Å². The third-order valence-corrected chi connectivity index (χ3v) is 5.18. The SMILES string of the molecule is CCOC(=O)CCc1c(C)nc2ncnn2c1N1CCN(C(=O)COCCOC)CC1. The first-order chi connectivity index (χ1) is 15.0. The van der Waals surface area contributed by atoms with Crippen LogP contribution in [0.5, 0.6) is 0 Å². The van der Waals surface area contributed by atoms with Gasteiger partial charge >= 0.3 is 5.97 Å². The Morgan fingerprint density at radius 3 is 2.65 bits per heavy atom. The maximum atomic E-state index is 12.4. The highest BCUT2D eigenvalue weighted by atomic mass is 16.5. The molecule has 11 nitrogen and oxygen atoms in total. The Bertz CT molecular complexity index is 894. The highest BCUT2D eigenvalue weighted by Crippen LogP contribution is 2.26. The van der Waals surface area contributed by atoms with Crippen molar-refractivity contribution >= 4 is 23.5 Å². The van der Waals surface area contributed by atoms with Crippen LogP contribution < -0.4 is 4.90 Å². The lowest BCUT2D eigenvalue weighted by atomic mass is 10.1. The third-order valence-electron chi connectivity index (χ3n) is 5.18. The number of amides is 1. The summed E-state index contributed by atoms with van der Waals surface area (Å²) in [6, 6.07) is 0. The van der Waals surface area contributed by atoms with Gasteiger partial charge in [-0.25, -0.2) is 4.98 Å². The zero-order valence-corrected chi connectivity index (χ0v) is 18.4. The number of carbonyl (C=O) groups is 2. The molecule has 11 heteroatoms. The number of nitrogens with zero attached hydrogens (tertiary/aromatic N) is 6. The molecule has 3 heterocycles. The topological polar surface area (TPSA) is 111 Å². The monoisotopic (exact) mass is 434 g/mol. The predicted octanol–water partition coefficient (Wildman–Crippen LogP) is 0.240. The molecule has 2 aromatic heterocycles. The van der Waals surface area contributed by atoms with Crippen molar-refractivity contribution in [2.45, 2.75) is 26.7 Å². The third kappa shape index (κ3) is 5.67. The lowest BCUT2D eigenvalue weighted by Gasteiger charge is -2.37. The summed E-state index contributed by atoms with van der Waals surface area (Å²) in [5.41, 5.74) is 1.75. The van der Waals surface area contributed by atoms with Gasteiger partial charge in [0, 0.05) is 51.0 Å². The minimum Gasteiger partial charge on any atom is -0.466 e. The summed E-state index contributed by atoms with van der Waals surface area (Å²) < 4.78 is 17.1. The van der Waals surface area contributed by atoms with Crippen LogP contribution in [0, 0.1) is 6.92 Å². The maximum absolute atomic E-state index is 12.4. The van der Waals surface area contributed by atoms with Gasteiger partial charge in [0.15, 0.2) is 0 Å². The molecule has 1 amide bonds. The molecule has 1 saturated heterocycles. The summed E-state index contributed by atoms with van der Waals surface area (Å²) in [5.74, 6) is 1.11. The van der Waals surface area contributed by atoms with E-state index in [1.165, 1.54) is 6.33 Å². The minimum absolute atomic E-state index is 0.0323. The number of hydrogen-bond donors (Lipinski definition) is 0. The van der Waals surface area contributed by atoms with Crippen LogP contribution in [0.2, 0.25) is 0 Å². The average molecular weight is 434 g/mol. The van der Waals surface area contributed by atoms with Gasteiger partial charge in [-0.05, 0) is 20.3 Å². The van der Waals surface area contributed by atoms with Gasteiger partial charge in [-0.1, -0.05) is 0 Å². The normalized spacial score (nSPS) is 14.3. The van der Waals surface area contributed by atoms with E-state index in [0.29, 0.717) is 58.2 Å². The van der Waals surface area contributed by atoms with E-state index in [1.54, 1.807) is 23.4 Å². The summed E-state index contributed by atoms with van der Waals surface area (Å²) in [7, 11) is 1.60. The quantitative estimate of drug-likeness (QED) is 0.383. The number of aromatic nitrogens is 4. The van der Waals surface area contributed by atoms with Crippen LogP contribution in [0.1, 0.15) is 24.6 Å². The molecule has 0 saturated carbocycles. The molecule has 3 rings (SSSR count). The molecule has 0 N–H and O–H groups in total. The molecule has 1 fully saturated rings. The van der Waals surface area contributed by atoms with E-state index in [9.17, 15) is 9.59 Å². The number of piperazine rings is 1. The summed E-state index contributed by atoms with van der Waals surface area (Å²) in [5, 5.41) is 4.34. The van der Waals surface area contributed by atoms with Gasteiger partial charge in [-0.3, -0.25) is 9.59 Å². The second-order valence-corrected chi connectivity index (χ2v) is 7.19. The Morgan fingerprint density at radius 1 is 1.16 bits per heavy atom. The molecule has 1 aliphatic heterocycles. The second kappa shape index (κ2) is 11.0. The van der Waals surface area contributed by atoms with E-state index in [2.05, 4.69) is 20.0 Å². The van der Waals surface area contributed by atoms with Crippen LogP contribution in [-0.4, -0.2) is 96.1 Å². The largest absolute Gasteiger partial charge is 0.466 e. The van der Waals surface area contributed by atoms with E-state index in [0.717, 1.165) is 17.1 Å². The van der Waals surface area contributed by atoms with E-state index < -0.39 is 0 Å². The summed E-state index contributed by atoms with van der Waals surface area (Å²) in [6.45, 7) is 7.38. The Morgan fingerprint density at radius 2 is 1.94 bits per heavy atom. The molecule has 2 aromatic rings. The van der Waals surface area contributed by atoms with E-state index in [-0.39, 0.29) is 24.9 Å². The fraction of sp³-hybridized carbons (Fsp3) is 0.650. The highest BCUT2D eigenvalue weighted by Gasteiger charge is 2.26. The van der Waals surface area contributed by atoms with Crippen molar-refractivity contribution in [1.29, 1.82) is 0 Å². The number of esters is 1. The zero-order valence-electron chi connectivity index (χ0n) is 18.4. The Kier molecular flexibility index (Phi) is 8.13. The first-order valence-electron chi connectivity index (χ1n) is 10.5. The summed E-state index contributed by atoms with van der Waals surface area (Å²) in [6.07, 6.45) is 2.23. The van der Waals surface area contributed by atoms with Gasteiger partial charge in [-0.15, -0.1) is 0 Å². The van der Waals surface area contributed by atoms with Gasteiger partial charge in [0.1, 0.15) is 18.8 Å². The second-order valence-electron chi connectivity index (χ2n) is 7.19. The van der Waals surface area contributed by atoms with E-state index in [4.69, 9.17) is 14.2 Å². The molecule has 0 unspecified atom stereocenters. The lowest BCUT2D eigenvalue weighted by Crippen LogP contribution is -2.50. The van der Waals surface area contributed by atoms with Crippen LogP contribution in [0.25, 0.3) is 5.78 Å². The number of fused-ring (bicyclic) bond motifs is 1. The molecule has 0 spiro atoms. The van der Waals surface area contributed by atoms with Gasteiger partial charge in [0.2, 0.25) is 5.91 Å². The molecular weight excluding hydrogens is 404 g/mol. The number of hydrogen-bond acceptors (Lipinski definition) is 9. The molecule has 0 aliphatic carbocycles. The number of anilines is 1. The van der Waals surface area contributed by atoms with Crippen molar-refractivity contribution < 1.29 is 23.8 Å². The minimum atomic E-state index is -0.240. The lowest BCUT2D eigenvalue weighted by molar-refractivity contribution is -0.143. The Hall–Kier alpha value is -2.79. The summed E-state index contributed by atoms with van der Waals surface area (Å²) >= 11 is 0. The molecule has 0 aromatic carbocycles. The van der Waals surface area contributed by atoms with Crippen LogP contribution in [-0.2, 0) is 30.2 Å². The molecule has 31 heavy (non-hydrogen) atoms. The molecule has 0 radical (unpaired) electrons. The number of aryl methyl sites for hydroxylation is 1. The molecular formula is C20H30N6O5. The van der Waals surface area contributed by atoms with Gasteiger partial charge in [0.05, 0.1) is 19.8 Å². The standard InChI is InChI=1S/C20H30N6O5/c1-4-31-18(28)6-5-16-15(2)23-20-21-14-22-26(20)19(16)25-9-7-24(8-10-25)17(27)13-30-12-11-29-3/h14H,4-13H2,1-3H3. The predicted molar refractivity (Wildman–Crippen MR) is 112 cm³/mol.